The lowest BCUT2D eigenvalue weighted by Crippen LogP contribution is -2.53. The Bertz CT molecular complexity index is 259. The number of hydrogen-bond donors (Lipinski definition) is 2. The SMILES string of the molecule is CN(C)C1(CN=C(N)NC(C)(C)C)CCC1. The number of guanidine groups is 1. The number of nitrogens with two attached hydrogens (primary N) is 1. The molecule has 3 N–H and O–H groups in total. The van der Waals surface area contributed by atoms with Gasteiger partial charge in [0.1, 0.15) is 0 Å². The maximum absolute atomic E-state index is 5.87. The largest absolute Gasteiger partial charge is 0.370 e. The van der Waals surface area contributed by atoms with Crippen molar-refractivity contribution in [2.45, 2.75) is 51.1 Å². The molecule has 0 bridgehead atoms. The number of nitrogens with one attached hydrogen (secondary N) is 1. The van der Waals surface area contributed by atoms with E-state index in [9.17, 15) is 0 Å². The molecule has 4 nitrogen and oxygen atoms in total. The summed E-state index contributed by atoms with van der Waals surface area (Å²) in [5.41, 5.74) is 6.11. The Morgan fingerprint density at radius 2 is 1.94 bits per heavy atom. The Hall–Kier alpha value is -0.770. The molecule has 0 heterocycles. The van der Waals surface area contributed by atoms with Crippen LogP contribution in [0.5, 0.6) is 0 Å². The molecule has 94 valence electrons. The molecule has 1 aliphatic rings. The number of aliphatic imine (C=N–C) groups is 1. The molecule has 0 atom stereocenters. The number of hydrogen-bond acceptors (Lipinski definition) is 2. The van der Waals surface area contributed by atoms with E-state index in [0.29, 0.717) is 5.96 Å². The highest BCUT2D eigenvalue weighted by atomic mass is 15.2. The molecule has 0 saturated heterocycles. The fourth-order valence-corrected chi connectivity index (χ4v) is 1.99. The Balaban J connectivity index is 2.51. The zero-order valence-electron chi connectivity index (χ0n) is 11.3. The molecule has 0 aliphatic heterocycles. The molecule has 0 aromatic heterocycles. The molecule has 0 spiro atoms. The predicted molar refractivity (Wildman–Crippen MR) is 69.6 cm³/mol. The molecular formula is C12H26N4. The lowest BCUT2D eigenvalue weighted by molar-refractivity contribution is 0.0699. The standard InChI is InChI=1S/C12H26N4/c1-11(2,3)15-10(13)14-9-12(16(4)5)7-6-8-12/h6-9H2,1-5H3,(H3,13,14,15). The average molecular weight is 226 g/mol. The maximum Gasteiger partial charge on any atom is 0.189 e. The van der Waals surface area contributed by atoms with E-state index >= 15 is 0 Å². The third-order valence-corrected chi connectivity index (χ3v) is 3.28. The lowest BCUT2D eigenvalue weighted by atomic mass is 9.76. The van der Waals surface area contributed by atoms with Crippen molar-refractivity contribution in [3.05, 3.63) is 0 Å². The lowest BCUT2D eigenvalue weighted by Gasteiger charge is -2.46. The van der Waals surface area contributed by atoms with Gasteiger partial charge in [-0.2, -0.15) is 0 Å². The van der Waals surface area contributed by atoms with Crippen molar-refractivity contribution in [1.29, 1.82) is 0 Å². The smallest absolute Gasteiger partial charge is 0.189 e. The van der Waals surface area contributed by atoms with Crippen LogP contribution in [-0.2, 0) is 0 Å². The first kappa shape index (κ1) is 13.3. The van der Waals surface area contributed by atoms with E-state index < -0.39 is 0 Å². The van der Waals surface area contributed by atoms with Gasteiger partial charge in [-0.25, -0.2) is 0 Å². The zero-order chi connectivity index (χ0) is 12.4. The van der Waals surface area contributed by atoms with Crippen LogP contribution in [0.15, 0.2) is 4.99 Å². The number of likely N-dealkylation sites (N-methyl/N-ethyl adjacent to an activating group) is 1. The number of nitrogens with zero attached hydrogens (tertiary/aromatic N) is 2. The first-order chi connectivity index (χ1) is 7.25. The third kappa shape index (κ3) is 3.37. The van der Waals surface area contributed by atoms with Gasteiger partial charge < -0.3 is 16.0 Å². The van der Waals surface area contributed by atoms with E-state index in [4.69, 9.17) is 5.73 Å². The summed E-state index contributed by atoms with van der Waals surface area (Å²) in [6, 6.07) is 0. The van der Waals surface area contributed by atoms with E-state index in [2.05, 4.69) is 50.1 Å². The van der Waals surface area contributed by atoms with E-state index in [1.54, 1.807) is 0 Å². The summed E-state index contributed by atoms with van der Waals surface area (Å²) in [5, 5.41) is 3.19. The van der Waals surface area contributed by atoms with Gasteiger partial charge in [0.05, 0.1) is 6.54 Å². The summed E-state index contributed by atoms with van der Waals surface area (Å²) >= 11 is 0. The van der Waals surface area contributed by atoms with Crippen molar-refractivity contribution >= 4 is 5.96 Å². The third-order valence-electron chi connectivity index (χ3n) is 3.28. The van der Waals surface area contributed by atoms with Crippen LogP contribution in [0.3, 0.4) is 0 Å². The highest BCUT2D eigenvalue weighted by Gasteiger charge is 2.38. The fourth-order valence-electron chi connectivity index (χ4n) is 1.99. The van der Waals surface area contributed by atoms with Crippen molar-refractivity contribution in [2.24, 2.45) is 10.7 Å². The molecule has 0 amide bonds. The zero-order valence-corrected chi connectivity index (χ0v) is 11.3. The van der Waals surface area contributed by atoms with E-state index in [-0.39, 0.29) is 11.1 Å². The summed E-state index contributed by atoms with van der Waals surface area (Å²) in [6.45, 7) is 7.05. The molecule has 1 saturated carbocycles. The first-order valence-corrected chi connectivity index (χ1v) is 6.01. The summed E-state index contributed by atoms with van der Waals surface area (Å²) in [5.74, 6) is 0.556. The molecule has 0 aromatic rings. The molecule has 1 aliphatic carbocycles. The molecule has 16 heavy (non-hydrogen) atoms. The summed E-state index contributed by atoms with van der Waals surface area (Å²) in [7, 11) is 4.25. The van der Waals surface area contributed by atoms with Crippen LogP contribution in [0.25, 0.3) is 0 Å². The monoisotopic (exact) mass is 226 g/mol. The molecule has 0 aromatic carbocycles. The van der Waals surface area contributed by atoms with Crippen molar-refractivity contribution in [1.82, 2.24) is 10.2 Å². The van der Waals surface area contributed by atoms with E-state index in [0.717, 1.165) is 6.54 Å². The minimum absolute atomic E-state index is 0.0154. The highest BCUT2D eigenvalue weighted by molar-refractivity contribution is 5.78. The van der Waals surface area contributed by atoms with Crippen molar-refractivity contribution in [3.63, 3.8) is 0 Å². The van der Waals surface area contributed by atoms with Gasteiger partial charge in [0.25, 0.3) is 0 Å². The minimum Gasteiger partial charge on any atom is -0.370 e. The second kappa shape index (κ2) is 4.62. The molecule has 1 rings (SSSR count). The topological polar surface area (TPSA) is 53.6 Å². The van der Waals surface area contributed by atoms with Gasteiger partial charge in [0.2, 0.25) is 0 Å². The fraction of sp³-hybridized carbons (Fsp3) is 0.917. The van der Waals surface area contributed by atoms with Crippen molar-refractivity contribution in [2.75, 3.05) is 20.6 Å². The van der Waals surface area contributed by atoms with Gasteiger partial charge in [0, 0.05) is 11.1 Å². The van der Waals surface area contributed by atoms with Crippen LogP contribution in [0.4, 0.5) is 0 Å². The van der Waals surface area contributed by atoms with Crippen molar-refractivity contribution in [3.8, 4) is 0 Å². The van der Waals surface area contributed by atoms with Gasteiger partial charge in [-0.1, -0.05) is 0 Å². The average Bonchev–Trinajstić information content (AvgIpc) is 1.97. The van der Waals surface area contributed by atoms with E-state index in [1.165, 1.54) is 19.3 Å². The van der Waals surface area contributed by atoms with Gasteiger partial charge in [-0.15, -0.1) is 0 Å². The van der Waals surface area contributed by atoms with Crippen LogP contribution in [0.1, 0.15) is 40.0 Å². The summed E-state index contributed by atoms with van der Waals surface area (Å²) < 4.78 is 0. The molecular weight excluding hydrogens is 200 g/mol. The van der Waals surface area contributed by atoms with Crippen LogP contribution in [0, 0.1) is 0 Å². The van der Waals surface area contributed by atoms with Gasteiger partial charge >= 0.3 is 0 Å². The summed E-state index contributed by atoms with van der Waals surface area (Å²) in [4.78, 5) is 6.75. The molecule has 1 fully saturated rings. The second-order valence-electron chi connectivity index (χ2n) is 6.05. The van der Waals surface area contributed by atoms with Crippen LogP contribution in [-0.4, -0.2) is 42.6 Å². The second-order valence-corrected chi connectivity index (χ2v) is 6.05. The Kier molecular flexibility index (Phi) is 3.84. The quantitative estimate of drug-likeness (QED) is 0.561. The van der Waals surface area contributed by atoms with Gasteiger partial charge in [0.15, 0.2) is 5.96 Å². The maximum atomic E-state index is 5.87. The Morgan fingerprint density at radius 3 is 2.25 bits per heavy atom. The molecule has 0 radical (unpaired) electrons. The first-order valence-electron chi connectivity index (χ1n) is 6.01. The molecule has 4 heteroatoms. The highest BCUT2D eigenvalue weighted by Crippen LogP contribution is 2.36. The molecule has 0 unspecified atom stereocenters. The van der Waals surface area contributed by atoms with E-state index in [1.807, 2.05) is 0 Å². The van der Waals surface area contributed by atoms with Gasteiger partial charge in [-0.05, 0) is 54.1 Å². The number of rotatable bonds is 3. The predicted octanol–water partition coefficient (Wildman–Crippen LogP) is 1.17. The van der Waals surface area contributed by atoms with Crippen LogP contribution in [0.2, 0.25) is 0 Å². The summed E-state index contributed by atoms with van der Waals surface area (Å²) in [6.07, 6.45) is 3.76. The minimum atomic E-state index is -0.0154. The van der Waals surface area contributed by atoms with Crippen molar-refractivity contribution < 1.29 is 0 Å². The normalized spacial score (nSPS) is 20.8. The van der Waals surface area contributed by atoms with Crippen LogP contribution >= 0.6 is 0 Å². The Labute approximate surface area is 99.3 Å². The Morgan fingerprint density at radius 1 is 1.38 bits per heavy atom. The van der Waals surface area contributed by atoms with Crippen LogP contribution < -0.4 is 11.1 Å². The van der Waals surface area contributed by atoms with Gasteiger partial charge in [-0.3, -0.25) is 4.99 Å².